The van der Waals surface area contributed by atoms with Gasteiger partial charge in [0.1, 0.15) is 5.69 Å². The normalized spacial score (nSPS) is 15.3. The van der Waals surface area contributed by atoms with Gasteiger partial charge in [0.05, 0.1) is 12.5 Å². The molecule has 1 fully saturated rings. The van der Waals surface area contributed by atoms with Crippen molar-refractivity contribution in [3.05, 3.63) is 41.6 Å². The van der Waals surface area contributed by atoms with Crippen LogP contribution in [0.1, 0.15) is 26.6 Å². The first-order valence-corrected chi connectivity index (χ1v) is 6.79. The number of rotatable bonds is 2. The van der Waals surface area contributed by atoms with Gasteiger partial charge in [0.2, 0.25) is 0 Å². The van der Waals surface area contributed by atoms with Gasteiger partial charge in [0.15, 0.2) is 5.76 Å². The van der Waals surface area contributed by atoms with Crippen molar-refractivity contribution in [1.29, 1.82) is 0 Å². The summed E-state index contributed by atoms with van der Waals surface area (Å²) < 4.78 is 5.11. The molecule has 0 aromatic carbocycles. The highest BCUT2D eigenvalue weighted by Gasteiger charge is 2.27. The fourth-order valence-electron chi connectivity index (χ4n) is 2.39. The highest BCUT2D eigenvalue weighted by atomic mass is 16.3. The summed E-state index contributed by atoms with van der Waals surface area (Å²) in [4.78, 5) is 27.9. The molecule has 0 spiro atoms. The van der Waals surface area contributed by atoms with Crippen LogP contribution in [0.4, 0.5) is 0 Å². The number of nitrogens with zero attached hydrogens (tertiary/aromatic N) is 3. The van der Waals surface area contributed by atoms with Crippen LogP contribution in [0.2, 0.25) is 0 Å². The summed E-state index contributed by atoms with van der Waals surface area (Å²) in [5, 5.41) is 6.59. The molecule has 0 saturated carbocycles. The molecule has 110 valence electrons. The number of H-pyrrole nitrogens is 1. The van der Waals surface area contributed by atoms with E-state index in [1.165, 1.54) is 6.26 Å². The molecule has 2 aromatic rings. The highest BCUT2D eigenvalue weighted by molar-refractivity contribution is 5.94. The lowest BCUT2D eigenvalue weighted by atomic mass is 10.2. The Morgan fingerprint density at radius 2 is 1.86 bits per heavy atom. The van der Waals surface area contributed by atoms with Crippen LogP contribution in [0.3, 0.4) is 0 Å². The predicted molar refractivity (Wildman–Crippen MR) is 73.8 cm³/mol. The van der Waals surface area contributed by atoms with E-state index in [-0.39, 0.29) is 11.8 Å². The van der Waals surface area contributed by atoms with Gasteiger partial charge in [-0.2, -0.15) is 5.10 Å². The molecule has 0 radical (unpaired) electrons. The summed E-state index contributed by atoms with van der Waals surface area (Å²) in [6, 6.07) is 3.34. The van der Waals surface area contributed by atoms with E-state index < -0.39 is 0 Å². The average Bonchev–Trinajstić information content (AvgIpc) is 3.17. The number of aromatic amines is 1. The molecule has 1 saturated heterocycles. The van der Waals surface area contributed by atoms with Gasteiger partial charge < -0.3 is 14.2 Å². The average molecular weight is 288 g/mol. The van der Waals surface area contributed by atoms with E-state index in [1.54, 1.807) is 28.1 Å². The zero-order chi connectivity index (χ0) is 14.8. The maximum atomic E-state index is 12.3. The molecule has 1 N–H and O–H groups in total. The number of nitrogens with one attached hydrogen (secondary N) is 1. The van der Waals surface area contributed by atoms with Gasteiger partial charge in [0, 0.05) is 26.2 Å². The zero-order valence-corrected chi connectivity index (χ0v) is 11.7. The van der Waals surface area contributed by atoms with Gasteiger partial charge in [-0.05, 0) is 24.6 Å². The van der Waals surface area contributed by atoms with Crippen molar-refractivity contribution in [1.82, 2.24) is 20.0 Å². The summed E-state index contributed by atoms with van der Waals surface area (Å²) in [5.41, 5.74) is 1.34. The molecule has 3 rings (SSSR count). The van der Waals surface area contributed by atoms with E-state index >= 15 is 0 Å². The molecule has 2 aromatic heterocycles. The maximum absolute atomic E-state index is 12.3. The van der Waals surface area contributed by atoms with E-state index in [4.69, 9.17) is 4.42 Å². The van der Waals surface area contributed by atoms with Crippen molar-refractivity contribution in [2.24, 2.45) is 0 Å². The molecule has 0 unspecified atom stereocenters. The van der Waals surface area contributed by atoms with Gasteiger partial charge in [0.25, 0.3) is 11.8 Å². The van der Waals surface area contributed by atoms with Gasteiger partial charge >= 0.3 is 0 Å². The fourth-order valence-corrected chi connectivity index (χ4v) is 2.39. The smallest absolute Gasteiger partial charge is 0.289 e. The molecule has 1 aliphatic rings. The summed E-state index contributed by atoms with van der Waals surface area (Å²) in [7, 11) is 0. The molecule has 7 heteroatoms. The maximum Gasteiger partial charge on any atom is 0.289 e. The number of piperazine rings is 1. The second kappa shape index (κ2) is 5.43. The van der Waals surface area contributed by atoms with Crippen molar-refractivity contribution in [3.63, 3.8) is 0 Å². The Balaban J connectivity index is 1.62. The van der Waals surface area contributed by atoms with E-state index in [1.807, 2.05) is 6.92 Å². The molecular formula is C14H16N4O3. The second-order valence-corrected chi connectivity index (χ2v) is 4.99. The lowest BCUT2D eigenvalue weighted by molar-refractivity contribution is 0.0515. The van der Waals surface area contributed by atoms with Gasteiger partial charge in [-0.1, -0.05) is 0 Å². The highest BCUT2D eigenvalue weighted by Crippen LogP contribution is 2.12. The monoisotopic (exact) mass is 288 g/mol. The Morgan fingerprint density at radius 3 is 2.38 bits per heavy atom. The Kier molecular flexibility index (Phi) is 3.47. The molecule has 1 aliphatic heterocycles. The molecule has 0 bridgehead atoms. The van der Waals surface area contributed by atoms with Gasteiger partial charge in [-0.3, -0.25) is 14.7 Å². The van der Waals surface area contributed by atoms with E-state index in [9.17, 15) is 9.59 Å². The lowest BCUT2D eigenvalue weighted by Crippen LogP contribution is -2.50. The van der Waals surface area contributed by atoms with Crippen molar-refractivity contribution >= 4 is 11.8 Å². The third kappa shape index (κ3) is 2.54. The number of aryl methyl sites for hydroxylation is 1. The van der Waals surface area contributed by atoms with Crippen molar-refractivity contribution in [2.45, 2.75) is 6.92 Å². The lowest BCUT2D eigenvalue weighted by Gasteiger charge is -2.34. The molecule has 0 atom stereocenters. The Hall–Kier alpha value is -2.57. The van der Waals surface area contributed by atoms with E-state index in [0.717, 1.165) is 5.56 Å². The predicted octanol–water partition coefficient (Wildman–Crippen LogP) is 0.909. The van der Waals surface area contributed by atoms with E-state index in [0.29, 0.717) is 37.6 Å². The number of carbonyl (C=O) groups excluding carboxylic acids is 2. The minimum absolute atomic E-state index is 0.0740. The molecule has 3 heterocycles. The zero-order valence-electron chi connectivity index (χ0n) is 11.7. The third-order valence-corrected chi connectivity index (χ3v) is 3.63. The van der Waals surface area contributed by atoms with Crippen molar-refractivity contribution < 1.29 is 14.0 Å². The number of furan rings is 1. The molecule has 0 aliphatic carbocycles. The van der Waals surface area contributed by atoms with Gasteiger partial charge in [-0.25, -0.2) is 0 Å². The van der Waals surface area contributed by atoms with Crippen LogP contribution in [0.25, 0.3) is 0 Å². The molecule has 21 heavy (non-hydrogen) atoms. The van der Waals surface area contributed by atoms with Crippen LogP contribution >= 0.6 is 0 Å². The van der Waals surface area contributed by atoms with Crippen LogP contribution in [0, 0.1) is 6.92 Å². The Morgan fingerprint density at radius 1 is 1.19 bits per heavy atom. The second-order valence-electron chi connectivity index (χ2n) is 4.99. The number of hydrogen-bond acceptors (Lipinski definition) is 4. The summed E-state index contributed by atoms with van der Waals surface area (Å²) in [6.07, 6.45) is 3.11. The SMILES string of the molecule is Cc1cn[nH]c1C(=O)N1CCN(C(=O)c2ccco2)CC1. The Labute approximate surface area is 121 Å². The molecule has 7 nitrogen and oxygen atoms in total. The first-order chi connectivity index (χ1) is 10.2. The third-order valence-electron chi connectivity index (χ3n) is 3.63. The number of amides is 2. The van der Waals surface area contributed by atoms with Crippen molar-refractivity contribution in [3.8, 4) is 0 Å². The van der Waals surface area contributed by atoms with Crippen LogP contribution in [-0.4, -0.2) is 58.0 Å². The number of carbonyl (C=O) groups is 2. The minimum atomic E-state index is -0.134. The number of hydrogen-bond donors (Lipinski definition) is 1. The van der Waals surface area contributed by atoms with Crippen LogP contribution < -0.4 is 0 Å². The fraction of sp³-hybridized carbons (Fsp3) is 0.357. The quantitative estimate of drug-likeness (QED) is 0.890. The first-order valence-electron chi connectivity index (χ1n) is 6.79. The summed E-state index contributed by atoms with van der Waals surface area (Å²) in [5.74, 6) is 0.124. The topological polar surface area (TPSA) is 82.4 Å². The van der Waals surface area contributed by atoms with Gasteiger partial charge in [-0.15, -0.1) is 0 Å². The summed E-state index contributed by atoms with van der Waals surface area (Å²) >= 11 is 0. The molecule has 2 amide bonds. The molecular weight excluding hydrogens is 272 g/mol. The van der Waals surface area contributed by atoms with Crippen LogP contribution in [0.5, 0.6) is 0 Å². The first kappa shape index (κ1) is 13.4. The standard InChI is InChI=1S/C14H16N4O3/c1-10-9-15-16-12(10)14(20)18-6-4-17(5-7-18)13(19)11-3-2-8-21-11/h2-3,8-9H,4-7H2,1H3,(H,15,16). The van der Waals surface area contributed by atoms with Crippen molar-refractivity contribution in [2.75, 3.05) is 26.2 Å². The largest absolute Gasteiger partial charge is 0.459 e. The van der Waals surface area contributed by atoms with Crippen LogP contribution in [0.15, 0.2) is 29.0 Å². The number of aromatic nitrogens is 2. The Bertz CT molecular complexity index is 639. The van der Waals surface area contributed by atoms with E-state index in [2.05, 4.69) is 10.2 Å². The summed E-state index contributed by atoms with van der Waals surface area (Å²) in [6.45, 7) is 3.85. The minimum Gasteiger partial charge on any atom is -0.459 e. The van der Waals surface area contributed by atoms with Crippen LogP contribution in [-0.2, 0) is 0 Å².